The molecule has 0 saturated heterocycles. The Kier molecular flexibility index (Phi) is 4.75. The zero-order valence-electron chi connectivity index (χ0n) is 8.00. The van der Waals surface area contributed by atoms with Crippen molar-refractivity contribution in [2.45, 2.75) is 18.3 Å². The van der Waals surface area contributed by atoms with E-state index in [0.717, 1.165) is 17.4 Å². The van der Waals surface area contributed by atoms with Crippen LogP contribution in [-0.4, -0.2) is 5.51 Å². The van der Waals surface area contributed by atoms with Crippen molar-refractivity contribution in [3.8, 4) is 0 Å². The molecule has 0 N–H and O–H groups in total. The second-order valence-electron chi connectivity index (χ2n) is 2.96. The third kappa shape index (κ3) is 6.23. The Balaban J connectivity index is 2.22. The number of rotatable bonds is 4. The average molecular weight is 232 g/mol. The molecule has 0 nitrogen and oxygen atoms in total. The quantitative estimate of drug-likeness (QED) is 0.742. The Bertz CT molecular complexity index is 303. The van der Waals surface area contributed by atoms with E-state index in [1.54, 1.807) is 6.08 Å². The Morgan fingerprint density at radius 1 is 1.13 bits per heavy atom. The fourth-order valence-corrected chi connectivity index (χ4v) is 1.47. The van der Waals surface area contributed by atoms with Crippen LogP contribution in [0.5, 0.6) is 0 Å². The normalized spacial score (nSPS) is 12.2. The number of alkyl halides is 3. The zero-order chi connectivity index (χ0) is 11.1. The molecule has 0 spiro atoms. The van der Waals surface area contributed by atoms with Gasteiger partial charge in [0.1, 0.15) is 0 Å². The van der Waals surface area contributed by atoms with E-state index >= 15 is 0 Å². The lowest BCUT2D eigenvalue weighted by Gasteiger charge is -1.99. The molecule has 0 fully saturated rings. The number of benzene rings is 1. The number of halogens is 3. The predicted octanol–water partition coefficient (Wildman–Crippen LogP) is 4.39. The van der Waals surface area contributed by atoms with Gasteiger partial charge >= 0.3 is 5.51 Å². The molecule has 0 heterocycles. The summed E-state index contributed by atoms with van der Waals surface area (Å²) in [7, 11) is 0. The molecule has 82 valence electrons. The fourth-order valence-electron chi connectivity index (χ4n) is 1.09. The van der Waals surface area contributed by atoms with E-state index in [1.165, 1.54) is 0 Å². The highest BCUT2D eigenvalue weighted by molar-refractivity contribution is 8.02. The molecule has 0 saturated carbocycles. The SMILES string of the molecule is FC(F)(F)S/C=C\CCc1ccccc1. The summed E-state index contributed by atoms with van der Waals surface area (Å²) in [6.07, 6.45) is 2.95. The van der Waals surface area contributed by atoms with Crippen molar-refractivity contribution >= 4 is 11.8 Å². The maximum Gasteiger partial charge on any atom is 0.445 e. The van der Waals surface area contributed by atoms with E-state index in [9.17, 15) is 13.2 Å². The molecule has 1 aromatic rings. The summed E-state index contributed by atoms with van der Waals surface area (Å²) in [6, 6.07) is 9.68. The molecule has 0 bridgehead atoms. The topological polar surface area (TPSA) is 0 Å². The Morgan fingerprint density at radius 3 is 2.40 bits per heavy atom. The molecule has 0 aliphatic heterocycles. The van der Waals surface area contributed by atoms with Crippen molar-refractivity contribution in [2.24, 2.45) is 0 Å². The van der Waals surface area contributed by atoms with Crippen molar-refractivity contribution in [3.63, 3.8) is 0 Å². The summed E-state index contributed by atoms with van der Waals surface area (Å²) in [5.41, 5.74) is -3.03. The van der Waals surface area contributed by atoms with E-state index < -0.39 is 5.51 Å². The van der Waals surface area contributed by atoms with Gasteiger partial charge < -0.3 is 0 Å². The smallest absolute Gasteiger partial charge is 0.160 e. The third-order valence-electron chi connectivity index (χ3n) is 1.74. The summed E-state index contributed by atoms with van der Waals surface area (Å²) < 4.78 is 35.2. The average Bonchev–Trinajstić information content (AvgIpc) is 2.17. The van der Waals surface area contributed by atoms with Crippen molar-refractivity contribution < 1.29 is 13.2 Å². The first kappa shape index (κ1) is 12.2. The second-order valence-corrected chi connectivity index (χ2v) is 3.93. The minimum absolute atomic E-state index is 0.112. The summed E-state index contributed by atoms with van der Waals surface area (Å²) in [5.74, 6) is 0. The van der Waals surface area contributed by atoms with Crippen LogP contribution in [0.25, 0.3) is 0 Å². The Labute approximate surface area is 91.2 Å². The maximum absolute atomic E-state index is 11.7. The molecule has 0 radical (unpaired) electrons. The van der Waals surface area contributed by atoms with Crippen LogP contribution in [0.15, 0.2) is 41.8 Å². The molecule has 0 aliphatic carbocycles. The standard InChI is InChI=1S/C11H11F3S/c12-11(13,14)15-9-5-4-8-10-6-2-1-3-7-10/h1-3,5-7,9H,4,8H2/b9-5-. The fraction of sp³-hybridized carbons (Fsp3) is 0.273. The highest BCUT2D eigenvalue weighted by Crippen LogP contribution is 2.30. The van der Waals surface area contributed by atoms with Crippen LogP contribution in [-0.2, 0) is 6.42 Å². The predicted molar refractivity (Wildman–Crippen MR) is 57.5 cm³/mol. The molecule has 1 rings (SSSR count). The first-order valence-corrected chi connectivity index (χ1v) is 5.39. The van der Waals surface area contributed by atoms with Crippen molar-refractivity contribution in [1.29, 1.82) is 0 Å². The van der Waals surface area contributed by atoms with Crippen molar-refractivity contribution in [1.82, 2.24) is 0 Å². The van der Waals surface area contributed by atoms with Crippen LogP contribution in [0, 0.1) is 0 Å². The van der Waals surface area contributed by atoms with Gasteiger partial charge in [-0.1, -0.05) is 36.4 Å². The molecule has 0 aromatic heterocycles. The highest BCUT2D eigenvalue weighted by atomic mass is 32.2. The van der Waals surface area contributed by atoms with Gasteiger partial charge in [-0.15, -0.1) is 0 Å². The van der Waals surface area contributed by atoms with Gasteiger partial charge in [-0.25, -0.2) is 0 Å². The van der Waals surface area contributed by atoms with Gasteiger partial charge in [0.05, 0.1) is 0 Å². The van der Waals surface area contributed by atoms with E-state index in [1.807, 2.05) is 30.3 Å². The number of aryl methyl sites for hydroxylation is 1. The van der Waals surface area contributed by atoms with E-state index in [0.29, 0.717) is 6.42 Å². The number of allylic oxidation sites excluding steroid dienone is 1. The summed E-state index contributed by atoms with van der Waals surface area (Å²) >= 11 is -0.112. The monoisotopic (exact) mass is 232 g/mol. The molecule has 15 heavy (non-hydrogen) atoms. The van der Waals surface area contributed by atoms with Gasteiger partial charge in [0.25, 0.3) is 0 Å². The first-order valence-electron chi connectivity index (χ1n) is 4.51. The van der Waals surface area contributed by atoms with Crippen LogP contribution in [0.2, 0.25) is 0 Å². The molecule has 0 unspecified atom stereocenters. The number of hydrogen-bond donors (Lipinski definition) is 0. The van der Waals surface area contributed by atoms with Gasteiger partial charge in [0.15, 0.2) is 0 Å². The largest absolute Gasteiger partial charge is 0.445 e. The summed E-state index contributed by atoms with van der Waals surface area (Å²) in [4.78, 5) is 0. The van der Waals surface area contributed by atoms with E-state index in [4.69, 9.17) is 0 Å². The molecule has 0 aliphatic rings. The molecule has 4 heteroatoms. The van der Waals surface area contributed by atoms with Gasteiger partial charge in [-0.2, -0.15) is 13.2 Å². The molecule has 0 atom stereocenters. The maximum atomic E-state index is 11.7. The van der Waals surface area contributed by atoms with Crippen molar-refractivity contribution in [2.75, 3.05) is 0 Å². The van der Waals surface area contributed by atoms with Crippen LogP contribution in [0.4, 0.5) is 13.2 Å². The van der Waals surface area contributed by atoms with Crippen LogP contribution in [0.3, 0.4) is 0 Å². The lowest BCUT2D eigenvalue weighted by molar-refractivity contribution is -0.0320. The van der Waals surface area contributed by atoms with E-state index in [-0.39, 0.29) is 11.8 Å². The molecule has 0 amide bonds. The molecular weight excluding hydrogens is 221 g/mol. The first-order chi connectivity index (χ1) is 7.08. The second kappa shape index (κ2) is 5.85. The third-order valence-corrected chi connectivity index (χ3v) is 2.34. The Morgan fingerprint density at radius 2 is 1.80 bits per heavy atom. The van der Waals surface area contributed by atoms with E-state index in [2.05, 4.69) is 0 Å². The van der Waals surface area contributed by atoms with Gasteiger partial charge in [0.2, 0.25) is 0 Å². The van der Waals surface area contributed by atoms with Gasteiger partial charge in [-0.05, 0) is 35.6 Å². The van der Waals surface area contributed by atoms with Gasteiger partial charge in [-0.3, -0.25) is 0 Å². The minimum atomic E-state index is -4.16. The lowest BCUT2D eigenvalue weighted by atomic mass is 10.1. The number of hydrogen-bond acceptors (Lipinski definition) is 1. The summed E-state index contributed by atoms with van der Waals surface area (Å²) in [5, 5.41) is 1.10. The van der Waals surface area contributed by atoms with Gasteiger partial charge in [0, 0.05) is 0 Å². The summed E-state index contributed by atoms with van der Waals surface area (Å²) in [6.45, 7) is 0. The lowest BCUT2D eigenvalue weighted by Crippen LogP contribution is -1.96. The zero-order valence-corrected chi connectivity index (χ0v) is 8.81. The molecule has 1 aromatic carbocycles. The number of thioether (sulfide) groups is 1. The van der Waals surface area contributed by atoms with Crippen LogP contribution >= 0.6 is 11.8 Å². The highest BCUT2D eigenvalue weighted by Gasteiger charge is 2.26. The molecular formula is C11H11F3S. The van der Waals surface area contributed by atoms with Crippen LogP contribution < -0.4 is 0 Å². The van der Waals surface area contributed by atoms with Crippen LogP contribution in [0.1, 0.15) is 12.0 Å². The minimum Gasteiger partial charge on any atom is -0.160 e. The Hall–Kier alpha value is -0.900. The van der Waals surface area contributed by atoms with Crippen molar-refractivity contribution in [3.05, 3.63) is 47.4 Å².